The summed E-state index contributed by atoms with van der Waals surface area (Å²) in [6.07, 6.45) is 0.736. The van der Waals surface area contributed by atoms with Crippen molar-refractivity contribution in [2.75, 3.05) is 18.8 Å². The zero-order valence-corrected chi connectivity index (χ0v) is 19.5. The van der Waals surface area contributed by atoms with Crippen LogP contribution in [0.4, 0.5) is 18.9 Å². The zero-order valence-electron chi connectivity index (χ0n) is 19.5. The van der Waals surface area contributed by atoms with E-state index in [4.69, 9.17) is 5.73 Å². The number of hydrogen-bond acceptors (Lipinski definition) is 4. The molecule has 3 aromatic rings. The fourth-order valence-corrected chi connectivity index (χ4v) is 5.02. The second kappa shape index (κ2) is 9.02. The van der Waals surface area contributed by atoms with Crippen LogP contribution in [0.25, 0.3) is 11.4 Å². The molecule has 0 spiro atoms. The Morgan fingerprint density at radius 2 is 1.83 bits per heavy atom. The van der Waals surface area contributed by atoms with Gasteiger partial charge in [0.05, 0.1) is 0 Å². The number of carbonyl (C=O) groups excluding carboxylic acids is 1. The standard InChI is InChI=1S/C26H28F3N5O/c1-15-13-20(16-3-2-4-16)21(23-31-24(22(27)28)33-32-23)14-19(15)25(35)34-11-9-26(29,10-12-34)17-5-7-18(30)8-6-17/h5-8,13-14,16,22H,2-4,9-12,30H2,1H3,(H,31,32,33). The van der Waals surface area contributed by atoms with E-state index >= 15 is 4.39 Å². The van der Waals surface area contributed by atoms with E-state index in [1.807, 2.05) is 13.0 Å². The third kappa shape index (κ3) is 4.39. The molecule has 2 aromatic carbocycles. The van der Waals surface area contributed by atoms with Gasteiger partial charge in [-0.3, -0.25) is 4.79 Å². The fraction of sp³-hybridized carbons (Fsp3) is 0.423. The summed E-state index contributed by atoms with van der Waals surface area (Å²) < 4.78 is 41.9. The van der Waals surface area contributed by atoms with Gasteiger partial charge in [0.15, 0.2) is 11.6 Å². The molecule has 1 aromatic heterocycles. The molecular weight excluding hydrogens is 455 g/mol. The lowest BCUT2D eigenvalue weighted by Crippen LogP contribution is -2.43. The molecule has 1 saturated carbocycles. The maximum absolute atomic E-state index is 15.6. The van der Waals surface area contributed by atoms with Crippen molar-refractivity contribution in [2.45, 2.75) is 57.0 Å². The predicted octanol–water partition coefficient (Wildman–Crippen LogP) is 5.67. The SMILES string of the molecule is Cc1cc(C2CCC2)c(-c2nnc(C(F)F)[nH]2)cc1C(=O)N1CCC(F)(c2ccc(N)cc2)CC1. The minimum absolute atomic E-state index is 0.189. The summed E-state index contributed by atoms with van der Waals surface area (Å²) in [6, 6.07) is 10.5. The van der Waals surface area contributed by atoms with Gasteiger partial charge in [0, 0.05) is 42.7 Å². The molecule has 0 bridgehead atoms. The lowest BCUT2D eigenvalue weighted by atomic mass is 9.77. The van der Waals surface area contributed by atoms with Gasteiger partial charge < -0.3 is 15.6 Å². The Balaban J connectivity index is 1.41. The number of nitrogens with one attached hydrogen (secondary N) is 1. The number of benzene rings is 2. The van der Waals surface area contributed by atoms with Crippen LogP contribution in [0.5, 0.6) is 0 Å². The van der Waals surface area contributed by atoms with Crippen molar-refractivity contribution in [1.29, 1.82) is 0 Å². The molecule has 0 atom stereocenters. The number of nitrogen functional groups attached to an aromatic ring is 1. The van der Waals surface area contributed by atoms with Crippen LogP contribution in [0, 0.1) is 6.92 Å². The van der Waals surface area contributed by atoms with E-state index in [1.54, 1.807) is 35.2 Å². The number of rotatable bonds is 5. The summed E-state index contributed by atoms with van der Waals surface area (Å²) in [5, 5.41) is 7.51. The number of H-pyrrole nitrogens is 1. The summed E-state index contributed by atoms with van der Waals surface area (Å²) in [7, 11) is 0. The molecule has 6 nitrogen and oxygen atoms in total. The quantitative estimate of drug-likeness (QED) is 0.458. The number of carbonyl (C=O) groups is 1. The van der Waals surface area contributed by atoms with Gasteiger partial charge in [-0.05, 0) is 60.6 Å². The lowest BCUT2D eigenvalue weighted by Gasteiger charge is -2.37. The molecule has 3 N–H and O–H groups in total. The summed E-state index contributed by atoms with van der Waals surface area (Å²) >= 11 is 0. The third-order valence-corrected chi connectivity index (χ3v) is 7.41. The van der Waals surface area contributed by atoms with Gasteiger partial charge >= 0.3 is 0 Å². The largest absolute Gasteiger partial charge is 0.399 e. The van der Waals surface area contributed by atoms with Gasteiger partial charge in [0.2, 0.25) is 0 Å². The second-order valence-electron chi connectivity index (χ2n) is 9.62. The molecule has 2 heterocycles. The molecule has 1 aliphatic carbocycles. The molecule has 9 heteroatoms. The van der Waals surface area contributed by atoms with Crippen molar-refractivity contribution < 1.29 is 18.0 Å². The molecule has 1 amide bonds. The molecule has 0 radical (unpaired) electrons. The van der Waals surface area contributed by atoms with Crippen molar-refractivity contribution in [3.63, 3.8) is 0 Å². The minimum atomic E-state index is -2.76. The van der Waals surface area contributed by atoms with E-state index in [1.165, 1.54) is 0 Å². The van der Waals surface area contributed by atoms with Crippen LogP contribution in [0.15, 0.2) is 36.4 Å². The Hall–Kier alpha value is -3.36. The number of nitrogens with two attached hydrogens (primary N) is 1. The van der Waals surface area contributed by atoms with Gasteiger partial charge in [0.25, 0.3) is 12.3 Å². The number of likely N-dealkylation sites (tertiary alicyclic amines) is 1. The smallest absolute Gasteiger partial charge is 0.297 e. The summed E-state index contributed by atoms with van der Waals surface area (Å²) in [6.45, 7) is 2.43. The predicted molar refractivity (Wildman–Crippen MR) is 127 cm³/mol. The number of aromatic nitrogens is 3. The highest BCUT2D eigenvalue weighted by Gasteiger charge is 2.38. The first-order chi connectivity index (χ1) is 16.7. The highest BCUT2D eigenvalue weighted by Crippen LogP contribution is 2.42. The number of hydrogen-bond donors (Lipinski definition) is 2. The molecule has 1 aliphatic heterocycles. The Morgan fingerprint density at radius 1 is 1.14 bits per heavy atom. The first kappa shape index (κ1) is 23.4. The van der Waals surface area contributed by atoms with Crippen LogP contribution in [-0.4, -0.2) is 39.1 Å². The van der Waals surface area contributed by atoms with Gasteiger partial charge in [-0.15, -0.1) is 10.2 Å². The number of piperidine rings is 1. The van der Waals surface area contributed by atoms with Gasteiger partial charge in [-0.2, -0.15) is 0 Å². The highest BCUT2D eigenvalue weighted by atomic mass is 19.3. The second-order valence-corrected chi connectivity index (χ2v) is 9.62. The molecule has 5 rings (SSSR count). The Labute approximate surface area is 201 Å². The topological polar surface area (TPSA) is 87.9 Å². The van der Waals surface area contributed by atoms with Crippen molar-refractivity contribution in [3.8, 4) is 11.4 Å². The molecule has 2 aliphatic rings. The summed E-state index contributed by atoms with van der Waals surface area (Å²) in [4.78, 5) is 17.8. The van der Waals surface area contributed by atoms with Crippen molar-refractivity contribution in [1.82, 2.24) is 20.1 Å². The maximum atomic E-state index is 15.6. The molecule has 35 heavy (non-hydrogen) atoms. The van der Waals surface area contributed by atoms with E-state index < -0.39 is 17.9 Å². The van der Waals surface area contributed by atoms with Crippen LogP contribution in [0.1, 0.15) is 77.3 Å². The highest BCUT2D eigenvalue weighted by molar-refractivity contribution is 5.97. The average molecular weight is 484 g/mol. The number of anilines is 1. The summed E-state index contributed by atoms with van der Waals surface area (Å²) in [5.41, 5.74) is 8.27. The van der Waals surface area contributed by atoms with E-state index in [2.05, 4.69) is 15.2 Å². The first-order valence-electron chi connectivity index (χ1n) is 11.9. The minimum Gasteiger partial charge on any atom is -0.399 e. The maximum Gasteiger partial charge on any atom is 0.297 e. The van der Waals surface area contributed by atoms with Crippen LogP contribution in [-0.2, 0) is 5.67 Å². The van der Waals surface area contributed by atoms with Crippen LogP contribution in [0.3, 0.4) is 0 Å². The number of aryl methyl sites for hydroxylation is 1. The van der Waals surface area contributed by atoms with Crippen LogP contribution >= 0.6 is 0 Å². The normalized spacial score (nSPS) is 18.0. The third-order valence-electron chi connectivity index (χ3n) is 7.41. The monoisotopic (exact) mass is 483 g/mol. The number of halogens is 3. The van der Waals surface area contributed by atoms with Gasteiger partial charge in [-0.25, -0.2) is 13.2 Å². The summed E-state index contributed by atoms with van der Waals surface area (Å²) in [5.74, 6) is -0.154. The van der Waals surface area contributed by atoms with Crippen molar-refractivity contribution in [3.05, 3.63) is 64.5 Å². The van der Waals surface area contributed by atoms with Gasteiger partial charge in [0.1, 0.15) is 5.67 Å². The molecule has 1 saturated heterocycles. The Kier molecular flexibility index (Phi) is 6.02. The Bertz CT molecular complexity index is 1230. The van der Waals surface area contributed by atoms with Crippen molar-refractivity contribution in [2.24, 2.45) is 0 Å². The van der Waals surface area contributed by atoms with Gasteiger partial charge in [-0.1, -0.05) is 24.6 Å². The molecule has 2 fully saturated rings. The molecular formula is C26H28F3N5O. The first-order valence-corrected chi connectivity index (χ1v) is 11.9. The Morgan fingerprint density at radius 3 is 2.40 bits per heavy atom. The zero-order chi connectivity index (χ0) is 24.7. The molecule has 0 unspecified atom stereocenters. The number of amides is 1. The lowest BCUT2D eigenvalue weighted by molar-refractivity contribution is 0.0421. The van der Waals surface area contributed by atoms with Crippen molar-refractivity contribution >= 4 is 11.6 Å². The number of aromatic amines is 1. The van der Waals surface area contributed by atoms with E-state index in [0.29, 0.717) is 28.3 Å². The number of alkyl halides is 3. The van der Waals surface area contributed by atoms with Crippen LogP contribution in [0.2, 0.25) is 0 Å². The van der Waals surface area contributed by atoms with Crippen LogP contribution < -0.4 is 5.73 Å². The van der Waals surface area contributed by atoms with E-state index in [9.17, 15) is 13.6 Å². The number of nitrogens with zero attached hydrogens (tertiary/aromatic N) is 3. The van der Waals surface area contributed by atoms with E-state index in [-0.39, 0.29) is 37.7 Å². The van der Waals surface area contributed by atoms with E-state index in [0.717, 1.165) is 30.4 Å². The fourth-order valence-electron chi connectivity index (χ4n) is 5.02. The average Bonchev–Trinajstić information content (AvgIpc) is 3.29. The molecule has 184 valence electrons.